The molecule has 2 heterocycles. The Labute approximate surface area is 152 Å². The van der Waals surface area contributed by atoms with E-state index in [1.54, 1.807) is 24.3 Å². The highest BCUT2D eigenvalue weighted by Crippen LogP contribution is 2.48. The summed E-state index contributed by atoms with van der Waals surface area (Å²) in [5.74, 6) is -2.26. The highest BCUT2D eigenvalue weighted by Gasteiger charge is 2.45. The average Bonchev–Trinajstić information content (AvgIpc) is 3.10. The Morgan fingerprint density at radius 3 is 2.56 bits per heavy atom. The maximum atomic E-state index is 12.8. The summed E-state index contributed by atoms with van der Waals surface area (Å²) in [5, 5.41) is 21.5. The number of rotatable bonds is 3. The van der Waals surface area contributed by atoms with Crippen LogP contribution in [0.4, 0.5) is 5.69 Å². The van der Waals surface area contributed by atoms with Crippen molar-refractivity contribution >= 4 is 17.6 Å². The van der Waals surface area contributed by atoms with Gasteiger partial charge in [-0.25, -0.2) is 0 Å². The normalized spacial score (nSPS) is 20.3. The zero-order chi connectivity index (χ0) is 19.3. The van der Waals surface area contributed by atoms with Crippen LogP contribution in [0.3, 0.4) is 0 Å². The van der Waals surface area contributed by atoms with E-state index in [-0.39, 0.29) is 35.1 Å². The zero-order valence-electron chi connectivity index (χ0n) is 14.1. The van der Waals surface area contributed by atoms with Crippen LogP contribution in [0.1, 0.15) is 33.4 Å². The molecule has 0 spiro atoms. The molecule has 0 bridgehead atoms. The number of hydrogen-bond donors (Lipinski definition) is 1. The number of hydrogen-bond acceptors (Lipinski definition) is 6. The second-order valence-corrected chi connectivity index (χ2v) is 6.29. The van der Waals surface area contributed by atoms with Gasteiger partial charge in [-0.1, -0.05) is 18.2 Å². The van der Waals surface area contributed by atoms with Gasteiger partial charge in [0.15, 0.2) is 11.5 Å². The minimum Gasteiger partial charge on any atom is -0.481 e. The molecule has 138 valence electrons. The molecule has 2 aliphatic rings. The molecule has 0 radical (unpaired) electrons. The predicted octanol–water partition coefficient (Wildman–Crippen LogP) is 2.32. The number of benzene rings is 2. The topological polar surface area (TPSA) is 119 Å². The van der Waals surface area contributed by atoms with E-state index in [0.717, 1.165) is 0 Å². The fraction of sp³-hybridized carbons (Fsp3) is 0.222. The quantitative estimate of drug-likeness (QED) is 0.650. The van der Waals surface area contributed by atoms with E-state index in [1.165, 1.54) is 24.1 Å². The van der Waals surface area contributed by atoms with Crippen LogP contribution in [0.15, 0.2) is 36.4 Å². The van der Waals surface area contributed by atoms with E-state index >= 15 is 0 Å². The molecule has 9 heteroatoms. The number of carboxylic acid groups (broad SMARTS) is 1. The second-order valence-electron chi connectivity index (χ2n) is 6.29. The molecule has 27 heavy (non-hydrogen) atoms. The first-order valence-corrected chi connectivity index (χ1v) is 8.07. The lowest BCUT2D eigenvalue weighted by Gasteiger charge is -2.38. The van der Waals surface area contributed by atoms with Crippen molar-refractivity contribution in [2.24, 2.45) is 0 Å². The van der Waals surface area contributed by atoms with Gasteiger partial charge >= 0.3 is 5.97 Å². The Morgan fingerprint density at radius 2 is 1.89 bits per heavy atom. The number of nitrogens with zero attached hydrogens (tertiary/aromatic N) is 2. The number of carbonyl (C=O) groups is 2. The van der Waals surface area contributed by atoms with Gasteiger partial charge in [-0.05, 0) is 17.7 Å². The summed E-state index contributed by atoms with van der Waals surface area (Å²) in [7, 11) is 1.44. The third-order valence-corrected chi connectivity index (χ3v) is 4.88. The SMILES string of the molecule is CN1C(=O)c2ccccc2[C@H](C(=O)O)[C@@H]1c1cc2c(cc1[N+](=O)[O-])OCO2. The summed E-state index contributed by atoms with van der Waals surface area (Å²) in [6.07, 6.45) is 0. The van der Waals surface area contributed by atoms with E-state index in [9.17, 15) is 24.8 Å². The molecule has 1 amide bonds. The summed E-state index contributed by atoms with van der Waals surface area (Å²) in [6.45, 7) is -0.0828. The van der Waals surface area contributed by atoms with Crippen LogP contribution in [0.25, 0.3) is 0 Å². The predicted molar refractivity (Wildman–Crippen MR) is 90.9 cm³/mol. The van der Waals surface area contributed by atoms with Gasteiger partial charge in [0.1, 0.15) is 5.92 Å². The molecule has 2 aliphatic heterocycles. The van der Waals surface area contributed by atoms with Gasteiger partial charge < -0.3 is 19.5 Å². The van der Waals surface area contributed by atoms with Gasteiger partial charge in [0, 0.05) is 12.6 Å². The Hall–Kier alpha value is -3.62. The van der Waals surface area contributed by atoms with Crippen molar-refractivity contribution in [2.75, 3.05) is 13.8 Å². The van der Waals surface area contributed by atoms with Crippen molar-refractivity contribution in [3.05, 3.63) is 63.2 Å². The van der Waals surface area contributed by atoms with E-state index in [1.807, 2.05) is 0 Å². The molecule has 1 N–H and O–H groups in total. The molecule has 9 nitrogen and oxygen atoms in total. The van der Waals surface area contributed by atoms with Crippen molar-refractivity contribution in [1.29, 1.82) is 0 Å². The second kappa shape index (κ2) is 5.97. The van der Waals surface area contributed by atoms with Gasteiger partial charge in [0.25, 0.3) is 11.6 Å². The maximum absolute atomic E-state index is 12.8. The van der Waals surface area contributed by atoms with Crippen molar-refractivity contribution < 1.29 is 29.1 Å². The Kier molecular flexibility index (Phi) is 3.72. The average molecular weight is 370 g/mol. The number of nitro groups is 1. The fourth-order valence-corrected chi connectivity index (χ4v) is 3.67. The van der Waals surface area contributed by atoms with Crippen LogP contribution in [-0.4, -0.2) is 40.6 Å². The first-order chi connectivity index (χ1) is 12.9. The summed E-state index contributed by atoms with van der Waals surface area (Å²) in [6, 6.07) is 7.92. The van der Waals surface area contributed by atoms with E-state index in [4.69, 9.17) is 9.47 Å². The molecule has 2 aromatic carbocycles. The molecule has 0 saturated heterocycles. The highest BCUT2D eigenvalue weighted by molar-refractivity contribution is 6.00. The van der Waals surface area contributed by atoms with E-state index in [0.29, 0.717) is 5.56 Å². The van der Waals surface area contributed by atoms with Crippen LogP contribution in [0, 0.1) is 10.1 Å². The minimum atomic E-state index is -1.18. The molecule has 0 aromatic heterocycles. The van der Waals surface area contributed by atoms with Crippen molar-refractivity contribution in [3.8, 4) is 11.5 Å². The number of carbonyl (C=O) groups excluding carboxylic acids is 1. The lowest BCUT2D eigenvalue weighted by molar-refractivity contribution is -0.386. The molecule has 2 atom stereocenters. The number of amides is 1. The van der Waals surface area contributed by atoms with Crippen LogP contribution < -0.4 is 9.47 Å². The lowest BCUT2D eigenvalue weighted by atomic mass is 9.79. The smallest absolute Gasteiger partial charge is 0.313 e. The Morgan fingerprint density at radius 1 is 1.22 bits per heavy atom. The molecule has 0 saturated carbocycles. The first-order valence-electron chi connectivity index (χ1n) is 8.07. The van der Waals surface area contributed by atoms with Crippen molar-refractivity contribution in [1.82, 2.24) is 4.90 Å². The van der Waals surface area contributed by atoms with Gasteiger partial charge in [-0.15, -0.1) is 0 Å². The lowest BCUT2D eigenvalue weighted by Crippen LogP contribution is -2.42. The van der Waals surface area contributed by atoms with Crippen molar-refractivity contribution in [2.45, 2.75) is 12.0 Å². The van der Waals surface area contributed by atoms with Gasteiger partial charge in [0.2, 0.25) is 6.79 Å². The highest BCUT2D eigenvalue weighted by atomic mass is 16.7. The van der Waals surface area contributed by atoms with Gasteiger partial charge in [-0.3, -0.25) is 19.7 Å². The number of aliphatic carboxylic acids is 1. The molecular formula is C18H14N2O7. The fourth-order valence-electron chi connectivity index (χ4n) is 3.67. The van der Waals surface area contributed by atoms with Crippen LogP contribution >= 0.6 is 0 Å². The van der Waals surface area contributed by atoms with Gasteiger partial charge in [0.05, 0.1) is 22.6 Å². The number of fused-ring (bicyclic) bond motifs is 2. The third-order valence-electron chi connectivity index (χ3n) is 4.88. The van der Waals surface area contributed by atoms with E-state index in [2.05, 4.69) is 0 Å². The Balaban J connectivity index is 1.96. The summed E-state index contributed by atoms with van der Waals surface area (Å²) in [5.41, 5.74) is 0.355. The maximum Gasteiger partial charge on any atom is 0.313 e. The molecule has 0 unspecified atom stereocenters. The number of nitro benzene ring substituents is 1. The molecule has 2 aromatic rings. The monoisotopic (exact) mass is 370 g/mol. The summed E-state index contributed by atoms with van der Waals surface area (Å²) >= 11 is 0. The first kappa shape index (κ1) is 16.8. The zero-order valence-corrected chi connectivity index (χ0v) is 14.1. The van der Waals surface area contributed by atoms with E-state index < -0.39 is 28.8 Å². The number of carboxylic acids is 1. The summed E-state index contributed by atoms with van der Waals surface area (Å²) < 4.78 is 10.5. The van der Waals surface area contributed by atoms with Crippen LogP contribution in [0.5, 0.6) is 11.5 Å². The third kappa shape index (κ3) is 2.47. The van der Waals surface area contributed by atoms with Crippen LogP contribution in [-0.2, 0) is 4.79 Å². The molecule has 0 fully saturated rings. The Bertz CT molecular complexity index is 988. The number of ether oxygens (including phenoxy) is 2. The largest absolute Gasteiger partial charge is 0.481 e. The number of likely N-dealkylation sites (N-methyl/N-ethyl adjacent to an activating group) is 1. The minimum absolute atomic E-state index is 0.0828. The van der Waals surface area contributed by atoms with Crippen molar-refractivity contribution in [3.63, 3.8) is 0 Å². The summed E-state index contributed by atoms with van der Waals surface area (Å²) in [4.78, 5) is 37.1. The molecule has 4 rings (SSSR count). The van der Waals surface area contributed by atoms with Gasteiger partial charge in [-0.2, -0.15) is 0 Å². The standard InChI is InChI=1S/C18H14N2O7/c1-19-16(11-6-13-14(27-8-26-13)7-12(11)20(24)25)15(18(22)23)9-4-2-3-5-10(9)17(19)21/h2-7,15-16H,8H2,1H3,(H,22,23)/t15-,16-/m0/s1. The molecular weight excluding hydrogens is 356 g/mol. The van der Waals surface area contributed by atoms with Crippen LogP contribution in [0.2, 0.25) is 0 Å². The molecule has 0 aliphatic carbocycles.